The van der Waals surface area contributed by atoms with E-state index in [2.05, 4.69) is 15.5 Å². The highest BCUT2D eigenvalue weighted by Crippen LogP contribution is 2.24. The van der Waals surface area contributed by atoms with Crippen LogP contribution in [0.15, 0.2) is 54.6 Å². The van der Waals surface area contributed by atoms with E-state index in [-0.39, 0.29) is 11.7 Å². The number of rotatable bonds is 9. The fourth-order valence-electron chi connectivity index (χ4n) is 3.63. The average Bonchev–Trinajstić information content (AvgIpc) is 3.24. The van der Waals surface area contributed by atoms with Crippen LogP contribution in [0.4, 0.5) is 10.1 Å². The SMILES string of the molecule is O=C(CS(=O)(=O)CC(=O)Nc1ccc(F)cc1)NCC(c1ccccc1)N1CCCC1. The largest absolute Gasteiger partial charge is 0.353 e. The molecule has 1 saturated heterocycles. The Morgan fingerprint density at radius 3 is 2.19 bits per heavy atom. The molecule has 1 aliphatic rings. The van der Waals surface area contributed by atoms with Crippen LogP contribution < -0.4 is 10.6 Å². The summed E-state index contributed by atoms with van der Waals surface area (Å²) in [4.78, 5) is 26.6. The molecule has 166 valence electrons. The molecule has 2 N–H and O–H groups in total. The number of amides is 2. The molecule has 2 amide bonds. The lowest BCUT2D eigenvalue weighted by atomic mass is 10.1. The van der Waals surface area contributed by atoms with E-state index in [1.54, 1.807) is 0 Å². The maximum atomic E-state index is 12.9. The molecular weight excluding hydrogens is 421 g/mol. The minimum atomic E-state index is -3.95. The van der Waals surface area contributed by atoms with E-state index in [9.17, 15) is 22.4 Å². The predicted octanol–water partition coefficient (Wildman–Crippen LogP) is 2.13. The van der Waals surface area contributed by atoms with E-state index >= 15 is 0 Å². The van der Waals surface area contributed by atoms with Gasteiger partial charge in [-0.05, 0) is 55.8 Å². The molecule has 2 aromatic carbocycles. The molecule has 1 fully saturated rings. The van der Waals surface area contributed by atoms with E-state index in [1.165, 1.54) is 12.1 Å². The van der Waals surface area contributed by atoms with Crippen LogP contribution in [0.1, 0.15) is 24.4 Å². The summed E-state index contributed by atoms with van der Waals surface area (Å²) >= 11 is 0. The van der Waals surface area contributed by atoms with Gasteiger partial charge in [-0.2, -0.15) is 0 Å². The van der Waals surface area contributed by atoms with Crippen LogP contribution in [0, 0.1) is 5.82 Å². The van der Waals surface area contributed by atoms with Crippen molar-refractivity contribution >= 4 is 27.3 Å². The Morgan fingerprint density at radius 2 is 1.55 bits per heavy atom. The van der Waals surface area contributed by atoms with Crippen molar-refractivity contribution in [1.82, 2.24) is 10.2 Å². The molecule has 1 aliphatic heterocycles. The van der Waals surface area contributed by atoms with Crippen LogP contribution in [-0.4, -0.2) is 56.3 Å². The summed E-state index contributed by atoms with van der Waals surface area (Å²) in [5.41, 5.74) is 1.34. The monoisotopic (exact) mass is 447 g/mol. The Bertz CT molecular complexity index is 991. The zero-order chi connectivity index (χ0) is 22.3. The lowest BCUT2D eigenvalue weighted by Crippen LogP contribution is -2.40. The van der Waals surface area contributed by atoms with Crippen LogP contribution in [0.5, 0.6) is 0 Å². The molecular formula is C22H26FN3O4S. The number of anilines is 1. The smallest absolute Gasteiger partial charge is 0.239 e. The second kappa shape index (κ2) is 10.5. The lowest BCUT2D eigenvalue weighted by molar-refractivity contribution is -0.118. The highest BCUT2D eigenvalue weighted by Gasteiger charge is 2.25. The van der Waals surface area contributed by atoms with Crippen LogP contribution >= 0.6 is 0 Å². The van der Waals surface area contributed by atoms with E-state index < -0.39 is 39.0 Å². The van der Waals surface area contributed by atoms with E-state index in [0.717, 1.165) is 43.6 Å². The first kappa shape index (κ1) is 22.9. The third kappa shape index (κ3) is 7.15. The Balaban J connectivity index is 1.53. The Hall–Kier alpha value is -2.78. The van der Waals surface area contributed by atoms with Gasteiger partial charge in [-0.1, -0.05) is 30.3 Å². The summed E-state index contributed by atoms with van der Waals surface area (Å²) in [6.45, 7) is 2.15. The fourth-order valence-corrected chi connectivity index (χ4v) is 4.70. The van der Waals surface area contributed by atoms with Crippen molar-refractivity contribution in [1.29, 1.82) is 0 Å². The summed E-state index contributed by atoms with van der Waals surface area (Å²) in [7, 11) is -3.95. The third-order valence-electron chi connectivity index (χ3n) is 5.09. The van der Waals surface area contributed by atoms with Crippen LogP contribution in [0.3, 0.4) is 0 Å². The molecule has 0 radical (unpaired) electrons. The van der Waals surface area contributed by atoms with E-state index in [4.69, 9.17) is 0 Å². The van der Waals surface area contributed by atoms with Gasteiger partial charge in [-0.3, -0.25) is 14.5 Å². The second-order valence-corrected chi connectivity index (χ2v) is 9.63. The fraction of sp³-hybridized carbons (Fsp3) is 0.364. The molecule has 0 aromatic heterocycles. The Kier molecular flexibility index (Phi) is 7.75. The van der Waals surface area contributed by atoms with Crippen molar-refractivity contribution in [3.63, 3.8) is 0 Å². The normalized spacial score (nSPS) is 15.4. The first-order valence-electron chi connectivity index (χ1n) is 10.1. The van der Waals surface area contributed by atoms with Crippen LogP contribution in [-0.2, 0) is 19.4 Å². The Morgan fingerprint density at radius 1 is 0.935 bits per heavy atom. The van der Waals surface area contributed by atoms with Crippen molar-refractivity contribution in [3.8, 4) is 0 Å². The zero-order valence-corrected chi connectivity index (χ0v) is 17.9. The molecule has 0 saturated carbocycles. The van der Waals surface area contributed by atoms with Crippen molar-refractivity contribution < 1.29 is 22.4 Å². The van der Waals surface area contributed by atoms with Crippen LogP contribution in [0.25, 0.3) is 0 Å². The second-order valence-electron chi connectivity index (χ2n) is 7.56. The molecule has 1 unspecified atom stereocenters. The molecule has 9 heteroatoms. The van der Waals surface area contributed by atoms with Gasteiger partial charge < -0.3 is 10.6 Å². The average molecular weight is 448 g/mol. The number of carbonyl (C=O) groups is 2. The summed E-state index contributed by atoms with van der Waals surface area (Å²) < 4.78 is 37.5. The molecule has 2 aromatic rings. The van der Waals surface area contributed by atoms with Gasteiger partial charge >= 0.3 is 0 Å². The number of hydrogen-bond donors (Lipinski definition) is 2. The summed E-state index contributed by atoms with van der Waals surface area (Å²) in [5, 5.41) is 5.09. The molecule has 7 nitrogen and oxygen atoms in total. The van der Waals surface area contributed by atoms with Gasteiger partial charge in [0.1, 0.15) is 17.3 Å². The Labute approximate surface area is 181 Å². The first-order chi connectivity index (χ1) is 14.8. The number of hydrogen-bond acceptors (Lipinski definition) is 5. The molecule has 0 spiro atoms. The topological polar surface area (TPSA) is 95.6 Å². The highest BCUT2D eigenvalue weighted by molar-refractivity contribution is 7.92. The predicted molar refractivity (Wildman–Crippen MR) is 117 cm³/mol. The first-order valence-corrected chi connectivity index (χ1v) is 12.0. The van der Waals surface area contributed by atoms with Crippen molar-refractivity contribution in [3.05, 3.63) is 66.0 Å². The minimum Gasteiger partial charge on any atom is -0.353 e. The quantitative estimate of drug-likeness (QED) is 0.614. The standard InChI is InChI=1S/C22H26FN3O4S/c23-18-8-10-19(11-9-18)25-22(28)16-31(29,30)15-21(27)24-14-20(26-12-4-5-13-26)17-6-2-1-3-7-17/h1-3,6-11,20H,4-5,12-16H2,(H,24,27)(H,25,28). The minimum absolute atomic E-state index is 0.0304. The van der Waals surface area contributed by atoms with Gasteiger partial charge in [0.2, 0.25) is 11.8 Å². The van der Waals surface area contributed by atoms with Gasteiger partial charge in [0.25, 0.3) is 0 Å². The molecule has 1 atom stereocenters. The number of carbonyl (C=O) groups excluding carboxylic acids is 2. The van der Waals surface area contributed by atoms with Crippen LogP contribution in [0.2, 0.25) is 0 Å². The number of nitrogens with one attached hydrogen (secondary N) is 2. The van der Waals surface area contributed by atoms with E-state index in [0.29, 0.717) is 6.54 Å². The summed E-state index contributed by atoms with van der Waals surface area (Å²) in [6.07, 6.45) is 2.18. The number of sulfone groups is 1. The summed E-state index contributed by atoms with van der Waals surface area (Å²) in [6, 6.07) is 14.7. The summed E-state index contributed by atoms with van der Waals surface area (Å²) in [5.74, 6) is -3.49. The maximum absolute atomic E-state index is 12.9. The number of benzene rings is 2. The lowest BCUT2D eigenvalue weighted by Gasteiger charge is -2.28. The molecule has 31 heavy (non-hydrogen) atoms. The molecule has 0 aliphatic carbocycles. The van der Waals surface area contributed by atoms with Gasteiger partial charge in [-0.25, -0.2) is 12.8 Å². The van der Waals surface area contributed by atoms with Gasteiger partial charge in [0.05, 0.1) is 6.04 Å². The van der Waals surface area contributed by atoms with Gasteiger partial charge in [0, 0.05) is 12.2 Å². The van der Waals surface area contributed by atoms with Gasteiger partial charge in [-0.15, -0.1) is 0 Å². The highest BCUT2D eigenvalue weighted by atomic mass is 32.2. The zero-order valence-electron chi connectivity index (χ0n) is 17.1. The number of nitrogens with zero attached hydrogens (tertiary/aromatic N) is 1. The van der Waals surface area contributed by atoms with Crippen molar-refractivity contribution in [2.24, 2.45) is 0 Å². The maximum Gasteiger partial charge on any atom is 0.239 e. The van der Waals surface area contributed by atoms with E-state index in [1.807, 2.05) is 30.3 Å². The van der Waals surface area contributed by atoms with Crippen molar-refractivity contribution in [2.75, 3.05) is 36.5 Å². The number of likely N-dealkylation sites (tertiary alicyclic amines) is 1. The van der Waals surface area contributed by atoms with Gasteiger partial charge in [0.15, 0.2) is 9.84 Å². The third-order valence-corrected chi connectivity index (χ3v) is 6.49. The molecule has 3 rings (SSSR count). The molecule has 0 bridgehead atoms. The number of halogens is 1. The molecule has 1 heterocycles. The van der Waals surface area contributed by atoms with Crippen molar-refractivity contribution in [2.45, 2.75) is 18.9 Å².